The molecule has 1 saturated heterocycles. The Bertz CT molecular complexity index is 316. The molecule has 1 fully saturated rings. The van der Waals surface area contributed by atoms with E-state index in [0.717, 1.165) is 12.2 Å². The predicted molar refractivity (Wildman–Crippen MR) is 75.6 cm³/mol. The molecule has 104 valence electrons. The third-order valence-electron chi connectivity index (χ3n) is 3.84. The molecule has 0 aromatic rings. The Balaban J connectivity index is 2.85. The van der Waals surface area contributed by atoms with Crippen LogP contribution in [0.2, 0.25) is 0 Å². The molecule has 2 amide bonds. The molecule has 0 bridgehead atoms. The summed E-state index contributed by atoms with van der Waals surface area (Å²) in [4.78, 5) is 26.1. The van der Waals surface area contributed by atoms with Crippen molar-refractivity contribution in [3.05, 3.63) is 0 Å². The molecule has 0 aromatic carbocycles. The Hall–Kier alpha value is -0.710. The molecule has 1 atom stereocenters. The van der Waals surface area contributed by atoms with Gasteiger partial charge < -0.3 is 10.2 Å². The van der Waals surface area contributed by atoms with Gasteiger partial charge in [0.05, 0.1) is 6.54 Å². The second kappa shape index (κ2) is 6.45. The average molecular weight is 272 g/mol. The second-order valence-electron chi connectivity index (χ2n) is 4.90. The van der Waals surface area contributed by atoms with Crippen LogP contribution >= 0.6 is 11.8 Å². The van der Waals surface area contributed by atoms with E-state index in [9.17, 15) is 9.59 Å². The van der Waals surface area contributed by atoms with E-state index in [1.807, 2.05) is 20.8 Å². The Morgan fingerprint density at radius 3 is 2.50 bits per heavy atom. The first-order valence-corrected chi connectivity index (χ1v) is 8.01. The molecule has 0 radical (unpaired) electrons. The van der Waals surface area contributed by atoms with Crippen LogP contribution in [0.4, 0.5) is 0 Å². The number of amides is 2. The molecule has 1 heterocycles. The molecule has 1 aliphatic heterocycles. The number of carbonyl (C=O) groups excluding carboxylic acids is 2. The zero-order valence-electron chi connectivity index (χ0n) is 11.8. The summed E-state index contributed by atoms with van der Waals surface area (Å²) in [7, 11) is 0. The number of hydrogen-bond acceptors (Lipinski definition) is 3. The SMILES string of the molecule is CCC1(CC)NC(=O)CN(C(C)CCSC)C1=O. The van der Waals surface area contributed by atoms with Crippen LogP contribution in [-0.2, 0) is 9.59 Å². The van der Waals surface area contributed by atoms with Gasteiger partial charge in [-0.1, -0.05) is 13.8 Å². The fraction of sp³-hybridized carbons (Fsp3) is 0.846. The average Bonchev–Trinajstić information content (AvgIpc) is 2.38. The highest BCUT2D eigenvalue weighted by atomic mass is 32.2. The monoisotopic (exact) mass is 272 g/mol. The topological polar surface area (TPSA) is 49.4 Å². The zero-order chi connectivity index (χ0) is 13.8. The van der Waals surface area contributed by atoms with Gasteiger partial charge in [0, 0.05) is 6.04 Å². The van der Waals surface area contributed by atoms with Crippen LogP contribution in [0.15, 0.2) is 0 Å². The van der Waals surface area contributed by atoms with Crippen LogP contribution in [0.1, 0.15) is 40.0 Å². The lowest BCUT2D eigenvalue weighted by Gasteiger charge is -2.43. The number of nitrogens with zero attached hydrogens (tertiary/aromatic N) is 1. The molecule has 0 spiro atoms. The summed E-state index contributed by atoms with van der Waals surface area (Å²) >= 11 is 1.77. The molecular weight excluding hydrogens is 248 g/mol. The zero-order valence-corrected chi connectivity index (χ0v) is 12.6. The number of nitrogens with one attached hydrogen (secondary N) is 1. The minimum Gasteiger partial charge on any atom is -0.340 e. The number of thioether (sulfide) groups is 1. The second-order valence-corrected chi connectivity index (χ2v) is 5.89. The van der Waals surface area contributed by atoms with Crippen molar-refractivity contribution < 1.29 is 9.59 Å². The molecule has 4 nitrogen and oxygen atoms in total. The highest BCUT2D eigenvalue weighted by molar-refractivity contribution is 7.98. The van der Waals surface area contributed by atoms with Crippen molar-refractivity contribution in [2.24, 2.45) is 0 Å². The first-order valence-electron chi connectivity index (χ1n) is 6.61. The number of rotatable bonds is 6. The van der Waals surface area contributed by atoms with Crippen molar-refractivity contribution in [2.75, 3.05) is 18.6 Å². The van der Waals surface area contributed by atoms with Gasteiger partial charge in [-0.15, -0.1) is 0 Å². The maximum absolute atomic E-state index is 12.6. The van der Waals surface area contributed by atoms with Crippen LogP contribution in [0.25, 0.3) is 0 Å². The van der Waals surface area contributed by atoms with E-state index in [-0.39, 0.29) is 24.4 Å². The Kier molecular flexibility index (Phi) is 5.50. The summed E-state index contributed by atoms with van der Waals surface area (Å²) in [5.74, 6) is 1.06. The van der Waals surface area contributed by atoms with Crippen molar-refractivity contribution in [1.82, 2.24) is 10.2 Å². The Morgan fingerprint density at radius 1 is 1.39 bits per heavy atom. The number of hydrogen-bond donors (Lipinski definition) is 1. The lowest BCUT2D eigenvalue weighted by atomic mass is 9.88. The van der Waals surface area contributed by atoms with Gasteiger partial charge in [0.2, 0.25) is 11.8 Å². The van der Waals surface area contributed by atoms with E-state index >= 15 is 0 Å². The molecule has 1 aliphatic rings. The van der Waals surface area contributed by atoms with Gasteiger partial charge in [-0.05, 0) is 38.2 Å². The highest BCUT2D eigenvalue weighted by Gasteiger charge is 2.45. The van der Waals surface area contributed by atoms with Crippen molar-refractivity contribution in [3.8, 4) is 0 Å². The van der Waals surface area contributed by atoms with Crippen LogP contribution in [0.3, 0.4) is 0 Å². The Morgan fingerprint density at radius 2 is 2.00 bits per heavy atom. The van der Waals surface area contributed by atoms with E-state index in [0.29, 0.717) is 12.8 Å². The third-order valence-corrected chi connectivity index (χ3v) is 4.49. The molecule has 0 saturated carbocycles. The summed E-state index contributed by atoms with van der Waals surface area (Å²) in [6.07, 6.45) is 4.29. The highest BCUT2D eigenvalue weighted by Crippen LogP contribution is 2.24. The summed E-state index contributed by atoms with van der Waals surface area (Å²) in [6, 6.07) is 0.133. The quantitative estimate of drug-likeness (QED) is 0.800. The normalized spacial score (nSPS) is 20.8. The minimum atomic E-state index is -0.678. The third kappa shape index (κ3) is 2.99. The molecule has 5 heteroatoms. The Labute approximate surface area is 114 Å². The molecule has 0 aromatic heterocycles. The van der Waals surface area contributed by atoms with Crippen molar-refractivity contribution in [2.45, 2.75) is 51.6 Å². The lowest BCUT2D eigenvalue weighted by molar-refractivity contribution is -0.152. The maximum atomic E-state index is 12.6. The first kappa shape index (κ1) is 15.3. The molecule has 18 heavy (non-hydrogen) atoms. The van der Waals surface area contributed by atoms with Crippen molar-refractivity contribution >= 4 is 23.6 Å². The summed E-state index contributed by atoms with van der Waals surface area (Å²) in [5.41, 5.74) is -0.678. The van der Waals surface area contributed by atoms with Crippen molar-refractivity contribution in [1.29, 1.82) is 0 Å². The van der Waals surface area contributed by atoms with Gasteiger partial charge in [-0.25, -0.2) is 0 Å². The van der Waals surface area contributed by atoms with Gasteiger partial charge in [0.1, 0.15) is 5.54 Å². The molecular formula is C13H24N2O2S. The fourth-order valence-corrected chi connectivity index (χ4v) is 2.97. The van der Waals surface area contributed by atoms with Crippen LogP contribution < -0.4 is 5.32 Å². The van der Waals surface area contributed by atoms with E-state index < -0.39 is 5.54 Å². The van der Waals surface area contributed by atoms with Gasteiger partial charge in [-0.3, -0.25) is 9.59 Å². The fourth-order valence-electron chi connectivity index (χ4n) is 2.39. The molecule has 1 rings (SSSR count). The van der Waals surface area contributed by atoms with Gasteiger partial charge >= 0.3 is 0 Å². The number of piperazine rings is 1. The number of carbonyl (C=O) groups is 2. The molecule has 0 aliphatic carbocycles. The van der Waals surface area contributed by atoms with Crippen molar-refractivity contribution in [3.63, 3.8) is 0 Å². The van der Waals surface area contributed by atoms with E-state index in [2.05, 4.69) is 11.6 Å². The van der Waals surface area contributed by atoms with E-state index in [1.165, 1.54) is 0 Å². The van der Waals surface area contributed by atoms with E-state index in [1.54, 1.807) is 16.7 Å². The maximum Gasteiger partial charge on any atom is 0.249 e. The van der Waals surface area contributed by atoms with Gasteiger partial charge in [-0.2, -0.15) is 11.8 Å². The summed E-state index contributed by atoms with van der Waals surface area (Å²) in [6.45, 7) is 6.15. The van der Waals surface area contributed by atoms with E-state index in [4.69, 9.17) is 0 Å². The molecule has 1 N–H and O–H groups in total. The lowest BCUT2D eigenvalue weighted by Crippen LogP contribution is -2.67. The largest absolute Gasteiger partial charge is 0.340 e. The summed E-state index contributed by atoms with van der Waals surface area (Å²) in [5, 5.41) is 2.88. The predicted octanol–water partition coefficient (Wildman–Crippen LogP) is 1.65. The first-order chi connectivity index (χ1) is 8.50. The van der Waals surface area contributed by atoms with Crippen LogP contribution in [0, 0.1) is 0 Å². The van der Waals surface area contributed by atoms with Crippen LogP contribution in [-0.4, -0.2) is 46.8 Å². The minimum absolute atomic E-state index is 0.0331. The van der Waals surface area contributed by atoms with Gasteiger partial charge in [0.25, 0.3) is 0 Å². The molecule has 1 unspecified atom stereocenters. The summed E-state index contributed by atoms with van der Waals surface area (Å²) < 4.78 is 0. The standard InChI is InChI=1S/C13H24N2O2S/c1-5-13(6-2)12(17)15(9-11(16)14-13)10(3)7-8-18-4/h10H,5-9H2,1-4H3,(H,14,16). The smallest absolute Gasteiger partial charge is 0.249 e. The van der Waals surface area contributed by atoms with Gasteiger partial charge in [0.15, 0.2) is 0 Å². The van der Waals surface area contributed by atoms with Crippen LogP contribution in [0.5, 0.6) is 0 Å².